The van der Waals surface area contributed by atoms with Crippen molar-refractivity contribution in [1.29, 1.82) is 0 Å². The fourth-order valence-corrected chi connectivity index (χ4v) is 2.76. The van der Waals surface area contributed by atoms with Gasteiger partial charge in [-0.05, 0) is 38.0 Å². The number of guanidine groups is 1. The number of unbranched alkanes of at least 4 members (excludes halogenated alkanes) is 1. The summed E-state index contributed by atoms with van der Waals surface area (Å²) in [6, 6.07) is 10.2. The third-order valence-corrected chi connectivity index (χ3v) is 4.37. The molecule has 7 nitrogen and oxygen atoms in total. The Bertz CT molecular complexity index is 809. The lowest BCUT2D eigenvalue weighted by Gasteiger charge is -2.15. The van der Waals surface area contributed by atoms with Gasteiger partial charge in [-0.1, -0.05) is 31.5 Å². The number of carbonyl (C=O) groups is 1. The second-order valence-corrected chi connectivity index (χ2v) is 7.05. The van der Waals surface area contributed by atoms with Crippen LogP contribution in [0.1, 0.15) is 36.7 Å². The maximum atomic E-state index is 11.9. The van der Waals surface area contributed by atoms with Gasteiger partial charge in [0.15, 0.2) is 5.96 Å². The summed E-state index contributed by atoms with van der Waals surface area (Å²) >= 11 is 0. The van der Waals surface area contributed by atoms with Crippen molar-refractivity contribution in [2.45, 2.75) is 40.2 Å². The SMILES string of the molecule is CCCCNC(=NCc1ccccc1-n1nc(C)cc1C)NCC(=O)N(C)C. The van der Waals surface area contributed by atoms with E-state index in [0.29, 0.717) is 12.5 Å². The van der Waals surface area contributed by atoms with Crippen molar-refractivity contribution in [3.8, 4) is 5.69 Å². The number of aromatic nitrogens is 2. The lowest BCUT2D eigenvalue weighted by atomic mass is 10.2. The zero-order valence-corrected chi connectivity index (χ0v) is 17.6. The number of nitrogens with one attached hydrogen (secondary N) is 2. The zero-order valence-electron chi connectivity index (χ0n) is 17.6. The first-order valence-corrected chi connectivity index (χ1v) is 9.76. The molecule has 1 aromatic carbocycles. The van der Waals surface area contributed by atoms with E-state index in [4.69, 9.17) is 4.99 Å². The molecule has 1 aromatic heterocycles. The number of para-hydroxylation sites is 1. The molecule has 0 aliphatic heterocycles. The Morgan fingerprint density at radius 3 is 2.61 bits per heavy atom. The predicted octanol–water partition coefficient (Wildman–Crippen LogP) is 2.41. The quantitative estimate of drug-likeness (QED) is 0.416. The number of hydrogen-bond donors (Lipinski definition) is 2. The van der Waals surface area contributed by atoms with Crippen molar-refractivity contribution in [2.75, 3.05) is 27.2 Å². The molecule has 0 atom stereocenters. The van der Waals surface area contributed by atoms with Crippen LogP contribution >= 0.6 is 0 Å². The summed E-state index contributed by atoms with van der Waals surface area (Å²) in [5, 5.41) is 11.0. The van der Waals surface area contributed by atoms with Gasteiger partial charge in [0, 0.05) is 26.3 Å². The average molecular weight is 385 g/mol. The van der Waals surface area contributed by atoms with Crippen molar-refractivity contribution in [3.63, 3.8) is 0 Å². The highest BCUT2D eigenvalue weighted by Gasteiger charge is 2.10. The second kappa shape index (κ2) is 10.5. The van der Waals surface area contributed by atoms with Gasteiger partial charge in [0.2, 0.25) is 5.91 Å². The molecule has 2 aromatic rings. The smallest absolute Gasteiger partial charge is 0.241 e. The molecule has 0 radical (unpaired) electrons. The number of rotatable bonds is 8. The molecule has 1 heterocycles. The van der Waals surface area contributed by atoms with Gasteiger partial charge in [-0.25, -0.2) is 9.67 Å². The zero-order chi connectivity index (χ0) is 20.5. The fraction of sp³-hybridized carbons (Fsp3) is 0.476. The first-order chi connectivity index (χ1) is 13.4. The molecule has 0 fully saturated rings. The number of amides is 1. The third kappa shape index (κ3) is 6.11. The Morgan fingerprint density at radius 1 is 1.21 bits per heavy atom. The lowest BCUT2D eigenvalue weighted by molar-refractivity contribution is -0.127. The van der Waals surface area contributed by atoms with Crippen LogP contribution in [0.2, 0.25) is 0 Å². The molecule has 2 rings (SSSR count). The minimum absolute atomic E-state index is 0.00744. The third-order valence-electron chi connectivity index (χ3n) is 4.37. The van der Waals surface area contributed by atoms with Crippen LogP contribution in [0.4, 0.5) is 0 Å². The van der Waals surface area contributed by atoms with Crippen LogP contribution in [0.3, 0.4) is 0 Å². The van der Waals surface area contributed by atoms with Gasteiger partial charge in [0.05, 0.1) is 24.5 Å². The molecule has 0 aliphatic carbocycles. The Hall–Kier alpha value is -2.83. The Morgan fingerprint density at radius 2 is 1.96 bits per heavy atom. The molecular formula is C21H32N6O. The summed E-state index contributed by atoms with van der Waals surface area (Å²) in [7, 11) is 3.49. The summed E-state index contributed by atoms with van der Waals surface area (Å²) in [5.41, 5.74) is 4.17. The summed E-state index contributed by atoms with van der Waals surface area (Å²) in [5.74, 6) is 0.653. The van der Waals surface area contributed by atoms with Gasteiger partial charge in [-0.2, -0.15) is 5.10 Å². The minimum atomic E-state index is 0.00744. The van der Waals surface area contributed by atoms with Crippen molar-refractivity contribution >= 4 is 11.9 Å². The Kier molecular flexibility index (Phi) is 8.04. The number of nitrogens with zero attached hydrogens (tertiary/aromatic N) is 4. The standard InChI is InChI=1S/C21H32N6O/c1-6-7-12-22-21(24-15-20(28)26(4)5)23-14-18-10-8-9-11-19(18)27-17(3)13-16(2)25-27/h8-11,13H,6-7,12,14-15H2,1-5H3,(H2,22,23,24). The average Bonchev–Trinajstić information content (AvgIpc) is 3.01. The van der Waals surface area contributed by atoms with Gasteiger partial charge in [0.25, 0.3) is 0 Å². The van der Waals surface area contributed by atoms with E-state index in [-0.39, 0.29) is 12.5 Å². The highest BCUT2D eigenvalue weighted by atomic mass is 16.2. The number of carbonyl (C=O) groups excluding carboxylic acids is 1. The molecule has 0 saturated carbocycles. The number of aliphatic imine (C=N–C) groups is 1. The molecule has 2 N–H and O–H groups in total. The van der Waals surface area contributed by atoms with Crippen LogP contribution in [-0.2, 0) is 11.3 Å². The molecule has 7 heteroatoms. The van der Waals surface area contributed by atoms with Crippen molar-refractivity contribution in [2.24, 2.45) is 4.99 Å². The van der Waals surface area contributed by atoms with Gasteiger partial charge in [-0.3, -0.25) is 4.79 Å². The monoisotopic (exact) mass is 384 g/mol. The van der Waals surface area contributed by atoms with E-state index in [1.165, 1.54) is 0 Å². The number of hydrogen-bond acceptors (Lipinski definition) is 3. The van der Waals surface area contributed by atoms with Crippen molar-refractivity contribution < 1.29 is 4.79 Å². The first kappa shape index (κ1) is 21.5. The molecule has 0 spiro atoms. The fourth-order valence-electron chi connectivity index (χ4n) is 2.76. The van der Waals surface area contributed by atoms with E-state index in [1.54, 1.807) is 19.0 Å². The molecule has 0 aliphatic rings. The van der Waals surface area contributed by atoms with Crippen LogP contribution < -0.4 is 10.6 Å². The predicted molar refractivity (Wildman–Crippen MR) is 114 cm³/mol. The number of benzene rings is 1. The van der Waals surface area contributed by atoms with E-state index in [0.717, 1.165) is 42.0 Å². The topological polar surface area (TPSA) is 74.5 Å². The second-order valence-electron chi connectivity index (χ2n) is 7.05. The van der Waals surface area contributed by atoms with Gasteiger partial charge < -0.3 is 15.5 Å². The summed E-state index contributed by atoms with van der Waals surface area (Å²) in [4.78, 5) is 18.2. The summed E-state index contributed by atoms with van der Waals surface area (Å²) in [6.07, 6.45) is 2.14. The normalized spacial score (nSPS) is 11.4. The van der Waals surface area contributed by atoms with Gasteiger partial charge in [0.1, 0.15) is 0 Å². The van der Waals surface area contributed by atoms with E-state index in [2.05, 4.69) is 40.9 Å². The molecule has 152 valence electrons. The van der Waals surface area contributed by atoms with Gasteiger partial charge >= 0.3 is 0 Å². The van der Waals surface area contributed by atoms with Crippen LogP contribution in [-0.4, -0.2) is 53.7 Å². The Balaban J connectivity index is 2.18. The number of likely N-dealkylation sites (N-methyl/N-ethyl adjacent to an activating group) is 1. The van der Waals surface area contributed by atoms with Gasteiger partial charge in [-0.15, -0.1) is 0 Å². The minimum Gasteiger partial charge on any atom is -0.356 e. The molecular weight excluding hydrogens is 352 g/mol. The Labute approximate surface area is 167 Å². The van der Waals surface area contributed by atoms with Crippen molar-refractivity contribution in [1.82, 2.24) is 25.3 Å². The van der Waals surface area contributed by atoms with Crippen LogP contribution in [0.5, 0.6) is 0 Å². The molecule has 0 saturated heterocycles. The maximum Gasteiger partial charge on any atom is 0.241 e. The van der Waals surface area contributed by atoms with E-state index in [9.17, 15) is 4.79 Å². The van der Waals surface area contributed by atoms with E-state index < -0.39 is 0 Å². The summed E-state index contributed by atoms with van der Waals surface area (Å²) in [6.45, 7) is 7.71. The number of aryl methyl sites for hydroxylation is 2. The van der Waals surface area contributed by atoms with Crippen molar-refractivity contribution in [3.05, 3.63) is 47.3 Å². The maximum absolute atomic E-state index is 11.9. The lowest BCUT2D eigenvalue weighted by Crippen LogP contribution is -2.43. The van der Waals surface area contributed by atoms with E-state index in [1.807, 2.05) is 30.7 Å². The molecule has 0 bridgehead atoms. The molecule has 28 heavy (non-hydrogen) atoms. The first-order valence-electron chi connectivity index (χ1n) is 9.76. The van der Waals surface area contributed by atoms with Crippen LogP contribution in [0, 0.1) is 13.8 Å². The van der Waals surface area contributed by atoms with Crippen LogP contribution in [0.15, 0.2) is 35.3 Å². The summed E-state index contributed by atoms with van der Waals surface area (Å²) < 4.78 is 1.95. The van der Waals surface area contributed by atoms with E-state index >= 15 is 0 Å². The highest BCUT2D eigenvalue weighted by molar-refractivity contribution is 5.86. The largest absolute Gasteiger partial charge is 0.356 e. The molecule has 1 amide bonds. The van der Waals surface area contributed by atoms with Crippen LogP contribution in [0.25, 0.3) is 5.69 Å². The molecule has 0 unspecified atom stereocenters. The highest BCUT2D eigenvalue weighted by Crippen LogP contribution is 2.17.